The lowest BCUT2D eigenvalue weighted by Crippen LogP contribution is -2.42. The molecular weight excluding hydrogens is 330 g/mol. The minimum atomic E-state index is -1.74. The van der Waals surface area contributed by atoms with Crippen molar-refractivity contribution in [1.29, 1.82) is 15.8 Å². The van der Waals surface area contributed by atoms with Crippen LogP contribution in [0.15, 0.2) is 47.2 Å². The lowest BCUT2D eigenvalue weighted by Gasteiger charge is -2.43. The predicted molar refractivity (Wildman–Crippen MR) is 91.7 cm³/mol. The molecule has 0 unspecified atom stereocenters. The topological polar surface area (TPSA) is 141 Å². The van der Waals surface area contributed by atoms with Crippen LogP contribution in [0.3, 0.4) is 0 Å². The second-order valence-corrected chi connectivity index (χ2v) is 6.46. The summed E-state index contributed by atoms with van der Waals surface area (Å²) in [6.45, 7) is 0. The van der Waals surface area contributed by atoms with Crippen molar-refractivity contribution in [1.82, 2.24) is 0 Å². The molecule has 0 amide bonds. The number of rotatable bonds is 2. The molecule has 0 aliphatic heterocycles. The molecule has 0 saturated carbocycles. The lowest BCUT2D eigenvalue weighted by atomic mass is 9.57. The van der Waals surface area contributed by atoms with Gasteiger partial charge in [0.25, 0.3) is 5.69 Å². The van der Waals surface area contributed by atoms with Crippen molar-refractivity contribution >= 4 is 5.69 Å². The van der Waals surface area contributed by atoms with Crippen molar-refractivity contribution in [2.45, 2.75) is 25.2 Å². The highest BCUT2D eigenvalue weighted by Crippen LogP contribution is 2.55. The fourth-order valence-corrected chi connectivity index (χ4v) is 4.08. The smallest absolute Gasteiger partial charge is 0.269 e. The van der Waals surface area contributed by atoms with Gasteiger partial charge in [-0.3, -0.25) is 10.1 Å². The highest BCUT2D eigenvalue weighted by atomic mass is 16.6. The zero-order chi connectivity index (χ0) is 18.9. The van der Waals surface area contributed by atoms with Crippen LogP contribution in [0.2, 0.25) is 0 Å². The maximum atomic E-state index is 11.2. The van der Waals surface area contributed by atoms with Gasteiger partial charge in [-0.2, -0.15) is 15.8 Å². The van der Waals surface area contributed by atoms with Gasteiger partial charge in [0.2, 0.25) is 0 Å². The number of hydrogen-bond donors (Lipinski definition) is 1. The Morgan fingerprint density at radius 1 is 1.27 bits per heavy atom. The first-order chi connectivity index (χ1) is 12.5. The maximum Gasteiger partial charge on any atom is 0.269 e. The molecule has 3 rings (SSSR count). The van der Waals surface area contributed by atoms with E-state index in [1.165, 1.54) is 12.1 Å². The minimum absolute atomic E-state index is 0.0640. The van der Waals surface area contributed by atoms with Crippen LogP contribution in [0.5, 0.6) is 0 Å². The molecule has 0 saturated heterocycles. The zero-order valence-electron chi connectivity index (χ0n) is 13.8. The van der Waals surface area contributed by atoms with E-state index in [0.29, 0.717) is 12.0 Å². The van der Waals surface area contributed by atoms with E-state index in [9.17, 15) is 25.9 Å². The largest absolute Gasteiger partial charge is 0.399 e. The van der Waals surface area contributed by atoms with Crippen molar-refractivity contribution in [2.24, 2.45) is 17.1 Å². The Bertz CT molecular complexity index is 957. The standard InChI is InChI=1S/C19H15N5O2/c20-9-16-14-6-1-2-7-15(14)17(19(10-21,11-22)18(16)23)12-4-3-5-13(8-12)24(25)26/h3-6,8,15,17H,1-2,7,23H2/t15-,17-/m0/s1. The number of allylic oxidation sites excluding steroid dienone is 4. The SMILES string of the molecule is N#CC1=C(N)C(C#N)(C#N)[C@@H](c2cccc([N+](=O)[O-])c2)[C@H]2CCCC=C12. The Morgan fingerprint density at radius 3 is 2.62 bits per heavy atom. The maximum absolute atomic E-state index is 11.2. The molecule has 0 heterocycles. The Hall–Kier alpha value is -3.63. The molecule has 1 aromatic carbocycles. The molecule has 1 aromatic rings. The molecular formula is C19H15N5O2. The highest BCUT2D eigenvalue weighted by molar-refractivity contribution is 5.59. The number of fused-ring (bicyclic) bond motifs is 1. The van der Waals surface area contributed by atoms with Crippen LogP contribution >= 0.6 is 0 Å². The molecule has 2 N–H and O–H groups in total. The molecule has 2 aliphatic rings. The summed E-state index contributed by atoms with van der Waals surface area (Å²) in [5.74, 6) is -0.923. The van der Waals surface area contributed by atoms with E-state index in [1.54, 1.807) is 12.1 Å². The van der Waals surface area contributed by atoms with Crippen LogP contribution in [0.1, 0.15) is 30.7 Å². The van der Waals surface area contributed by atoms with Crippen molar-refractivity contribution in [3.05, 3.63) is 62.9 Å². The summed E-state index contributed by atoms with van der Waals surface area (Å²) in [4.78, 5) is 10.7. The first-order valence-electron chi connectivity index (χ1n) is 8.17. The zero-order valence-corrected chi connectivity index (χ0v) is 13.8. The first kappa shape index (κ1) is 17.2. The number of non-ortho nitro benzene ring substituents is 1. The van der Waals surface area contributed by atoms with Crippen LogP contribution in [-0.4, -0.2) is 4.92 Å². The number of nitro benzene ring substituents is 1. The van der Waals surface area contributed by atoms with Gasteiger partial charge >= 0.3 is 0 Å². The molecule has 26 heavy (non-hydrogen) atoms. The summed E-state index contributed by atoms with van der Waals surface area (Å²) < 4.78 is 0. The fourth-order valence-electron chi connectivity index (χ4n) is 4.08. The molecule has 0 radical (unpaired) electrons. The molecule has 0 bridgehead atoms. The third-order valence-corrected chi connectivity index (χ3v) is 5.24. The van der Waals surface area contributed by atoms with E-state index in [0.717, 1.165) is 18.4 Å². The van der Waals surface area contributed by atoms with Gasteiger partial charge in [-0.1, -0.05) is 18.2 Å². The summed E-state index contributed by atoms with van der Waals surface area (Å²) in [6, 6.07) is 12.1. The van der Waals surface area contributed by atoms with Crippen LogP contribution in [0.25, 0.3) is 0 Å². The van der Waals surface area contributed by atoms with Crippen LogP contribution in [-0.2, 0) is 0 Å². The van der Waals surface area contributed by atoms with Crippen LogP contribution in [0.4, 0.5) is 5.69 Å². The molecule has 128 valence electrons. The van der Waals surface area contributed by atoms with Crippen molar-refractivity contribution < 1.29 is 4.92 Å². The molecule has 2 atom stereocenters. The summed E-state index contributed by atoms with van der Waals surface area (Å²) in [7, 11) is 0. The number of nitrogens with zero attached hydrogens (tertiary/aromatic N) is 4. The van der Waals surface area contributed by atoms with E-state index < -0.39 is 16.3 Å². The molecule has 2 aliphatic carbocycles. The number of benzene rings is 1. The third kappa shape index (κ3) is 2.32. The van der Waals surface area contributed by atoms with Crippen molar-refractivity contribution in [3.8, 4) is 18.2 Å². The Morgan fingerprint density at radius 2 is 2.00 bits per heavy atom. The number of nitrogens with two attached hydrogens (primary N) is 1. The molecule has 7 nitrogen and oxygen atoms in total. The van der Waals surface area contributed by atoms with Gasteiger partial charge in [0.05, 0.1) is 28.3 Å². The second kappa shape index (κ2) is 6.35. The Balaban J connectivity index is 2.32. The lowest BCUT2D eigenvalue weighted by molar-refractivity contribution is -0.384. The van der Waals surface area contributed by atoms with Gasteiger partial charge in [0.15, 0.2) is 5.41 Å². The monoisotopic (exact) mass is 345 g/mol. The molecule has 0 spiro atoms. The minimum Gasteiger partial charge on any atom is -0.399 e. The van der Waals surface area contributed by atoms with Crippen LogP contribution < -0.4 is 5.73 Å². The van der Waals surface area contributed by atoms with Gasteiger partial charge in [0, 0.05) is 18.1 Å². The predicted octanol–water partition coefficient (Wildman–Crippen LogP) is 3.19. The fraction of sp³-hybridized carbons (Fsp3) is 0.316. The van der Waals surface area contributed by atoms with Gasteiger partial charge < -0.3 is 5.73 Å². The average Bonchev–Trinajstić information content (AvgIpc) is 2.67. The summed E-state index contributed by atoms with van der Waals surface area (Å²) in [5, 5.41) is 40.5. The number of hydrogen-bond acceptors (Lipinski definition) is 6. The Kier molecular flexibility index (Phi) is 4.20. The van der Waals surface area contributed by atoms with Crippen LogP contribution in [0, 0.1) is 55.4 Å². The molecule has 0 fully saturated rings. The van der Waals surface area contributed by atoms with E-state index >= 15 is 0 Å². The van der Waals surface area contributed by atoms with Gasteiger partial charge in [-0.15, -0.1) is 0 Å². The summed E-state index contributed by atoms with van der Waals surface area (Å²) >= 11 is 0. The normalized spacial score (nSPS) is 23.7. The quantitative estimate of drug-likeness (QED) is 0.644. The van der Waals surface area contributed by atoms with Crippen molar-refractivity contribution in [3.63, 3.8) is 0 Å². The highest BCUT2D eigenvalue weighted by Gasteiger charge is 2.53. The van der Waals surface area contributed by atoms with E-state index in [4.69, 9.17) is 5.73 Å². The first-order valence-corrected chi connectivity index (χ1v) is 8.17. The molecule has 0 aromatic heterocycles. The molecule has 7 heteroatoms. The van der Waals surface area contributed by atoms with Crippen molar-refractivity contribution in [2.75, 3.05) is 0 Å². The number of nitro groups is 1. The third-order valence-electron chi connectivity index (χ3n) is 5.24. The summed E-state index contributed by atoms with van der Waals surface area (Å²) in [6.07, 6.45) is 4.26. The van der Waals surface area contributed by atoms with Gasteiger partial charge in [0.1, 0.15) is 6.07 Å². The van der Waals surface area contributed by atoms with Gasteiger partial charge in [-0.05, 0) is 36.3 Å². The average molecular weight is 345 g/mol. The van der Waals surface area contributed by atoms with E-state index in [2.05, 4.69) is 6.07 Å². The second-order valence-electron chi connectivity index (χ2n) is 6.46. The summed E-state index contributed by atoms with van der Waals surface area (Å²) in [5.41, 5.74) is 5.70. The van der Waals surface area contributed by atoms with Gasteiger partial charge in [-0.25, -0.2) is 0 Å². The Labute approximate surface area is 150 Å². The van der Waals surface area contributed by atoms with E-state index in [-0.39, 0.29) is 22.9 Å². The van der Waals surface area contributed by atoms with E-state index in [1.807, 2.05) is 18.2 Å². The number of nitriles is 3.